The molecule has 1 aromatic carbocycles. The topological polar surface area (TPSA) is 58.4 Å². The number of aromatic nitrogens is 2. The molecular formula is C23H28N4O2. The molecule has 0 N–H and O–H groups in total. The lowest BCUT2D eigenvalue weighted by molar-refractivity contribution is 0.0705. The van der Waals surface area contributed by atoms with E-state index < -0.39 is 0 Å². The molecule has 2 amide bonds. The van der Waals surface area contributed by atoms with E-state index in [0.29, 0.717) is 11.5 Å². The van der Waals surface area contributed by atoms with Gasteiger partial charge in [0.25, 0.3) is 11.8 Å². The van der Waals surface area contributed by atoms with Crippen LogP contribution >= 0.6 is 0 Å². The summed E-state index contributed by atoms with van der Waals surface area (Å²) >= 11 is 0. The van der Waals surface area contributed by atoms with Crippen LogP contribution < -0.4 is 4.90 Å². The van der Waals surface area contributed by atoms with Gasteiger partial charge in [0, 0.05) is 31.4 Å². The number of rotatable bonds is 2. The van der Waals surface area contributed by atoms with Crippen LogP contribution in [-0.2, 0) is 19.4 Å². The van der Waals surface area contributed by atoms with Crippen molar-refractivity contribution in [2.75, 3.05) is 18.0 Å². The first-order valence-corrected chi connectivity index (χ1v) is 11.0. The van der Waals surface area contributed by atoms with Gasteiger partial charge in [-0.1, -0.05) is 18.2 Å². The molecule has 0 spiro atoms. The number of imidazole rings is 1. The Morgan fingerprint density at radius 2 is 1.72 bits per heavy atom. The highest BCUT2D eigenvalue weighted by Crippen LogP contribution is 2.34. The zero-order valence-corrected chi connectivity index (χ0v) is 17.1. The Hall–Kier alpha value is -2.63. The largest absolute Gasteiger partial charge is 0.336 e. The third-order valence-electron chi connectivity index (χ3n) is 6.58. The van der Waals surface area contributed by atoms with Gasteiger partial charge in [0.05, 0.1) is 5.69 Å². The standard InChI is InChI=1S/C23H28N4O2/c1-16-15-17-9-3-4-10-18(17)27(16)22(28)20-19-11-5-8-14-26(19)21(24-20)23(29)25-12-6-2-7-13-25/h3-4,9-10,16H,2,5-8,11-15H2,1H3. The highest BCUT2D eigenvalue weighted by Gasteiger charge is 2.36. The monoisotopic (exact) mass is 392 g/mol. The van der Waals surface area contributed by atoms with Gasteiger partial charge in [-0.15, -0.1) is 0 Å². The van der Waals surface area contributed by atoms with E-state index in [-0.39, 0.29) is 17.9 Å². The summed E-state index contributed by atoms with van der Waals surface area (Å²) in [4.78, 5) is 35.3. The average Bonchev–Trinajstić information content (AvgIpc) is 3.31. The van der Waals surface area contributed by atoms with Crippen LogP contribution in [0.15, 0.2) is 24.3 Å². The lowest BCUT2D eigenvalue weighted by atomic mass is 10.1. The molecular weight excluding hydrogens is 364 g/mol. The number of amides is 2. The summed E-state index contributed by atoms with van der Waals surface area (Å²) in [6, 6.07) is 8.20. The van der Waals surface area contributed by atoms with Crippen LogP contribution in [0.1, 0.15) is 71.4 Å². The second-order valence-corrected chi connectivity index (χ2v) is 8.55. The van der Waals surface area contributed by atoms with E-state index in [1.54, 1.807) is 0 Å². The molecule has 1 aromatic heterocycles. The van der Waals surface area contributed by atoms with Crippen LogP contribution in [0, 0.1) is 0 Å². The molecule has 1 unspecified atom stereocenters. The molecule has 1 saturated heterocycles. The number of anilines is 1. The first kappa shape index (κ1) is 18.4. The molecule has 4 heterocycles. The van der Waals surface area contributed by atoms with Crippen molar-refractivity contribution in [1.82, 2.24) is 14.5 Å². The van der Waals surface area contributed by atoms with Crippen molar-refractivity contribution in [2.24, 2.45) is 0 Å². The third kappa shape index (κ3) is 3.05. The number of benzene rings is 1. The van der Waals surface area contributed by atoms with E-state index in [4.69, 9.17) is 4.98 Å². The van der Waals surface area contributed by atoms with Crippen molar-refractivity contribution < 1.29 is 9.59 Å². The minimum atomic E-state index is -0.0641. The molecule has 0 bridgehead atoms. The van der Waals surface area contributed by atoms with Gasteiger partial charge in [-0.3, -0.25) is 9.59 Å². The van der Waals surface area contributed by atoms with Crippen molar-refractivity contribution >= 4 is 17.5 Å². The first-order chi connectivity index (χ1) is 14.1. The van der Waals surface area contributed by atoms with Crippen molar-refractivity contribution in [1.29, 1.82) is 0 Å². The summed E-state index contributed by atoms with van der Waals surface area (Å²) in [5.74, 6) is 0.387. The fraction of sp³-hybridized carbons (Fsp3) is 0.522. The van der Waals surface area contributed by atoms with Crippen molar-refractivity contribution in [3.63, 3.8) is 0 Å². The van der Waals surface area contributed by atoms with E-state index in [0.717, 1.165) is 69.5 Å². The molecule has 3 aliphatic heterocycles. The minimum Gasteiger partial charge on any atom is -0.336 e. The Balaban J connectivity index is 1.53. The molecule has 0 aliphatic carbocycles. The predicted molar refractivity (Wildman–Crippen MR) is 111 cm³/mol. The molecule has 1 atom stereocenters. The number of piperidine rings is 1. The van der Waals surface area contributed by atoms with Crippen LogP contribution in [0.2, 0.25) is 0 Å². The summed E-state index contributed by atoms with van der Waals surface area (Å²) < 4.78 is 2.03. The average molecular weight is 393 g/mol. The number of nitrogens with zero attached hydrogens (tertiary/aromatic N) is 4. The molecule has 1 fully saturated rings. The first-order valence-electron chi connectivity index (χ1n) is 11.0. The summed E-state index contributed by atoms with van der Waals surface area (Å²) in [6.07, 6.45) is 7.01. The van der Waals surface area contributed by atoms with Gasteiger partial charge in [0.15, 0.2) is 11.5 Å². The summed E-state index contributed by atoms with van der Waals surface area (Å²) in [5.41, 5.74) is 3.60. The fourth-order valence-electron chi connectivity index (χ4n) is 5.11. The van der Waals surface area contributed by atoms with Crippen molar-refractivity contribution in [2.45, 2.75) is 64.5 Å². The molecule has 6 nitrogen and oxygen atoms in total. The van der Waals surface area contributed by atoms with Crippen LogP contribution in [0.25, 0.3) is 0 Å². The second kappa shape index (κ2) is 7.32. The number of carbonyl (C=O) groups excluding carboxylic acids is 2. The van der Waals surface area contributed by atoms with Crippen LogP contribution in [-0.4, -0.2) is 45.4 Å². The number of hydrogen-bond donors (Lipinski definition) is 0. The number of fused-ring (bicyclic) bond motifs is 2. The molecule has 6 heteroatoms. The Labute approximate surface area is 171 Å². The van der Waals surface area contributed by atoms with Gasteiger partial charge in [0.2, 0.25) is 0 Å². The maximum absolute atomic E-state index is 13.6. The summed E-state index contributed by atoms with van der Waals surface area (Å²) in [7, 11) is 0. The molecule has 29 heavy (non-hydrogen) atoms. The zero-order chi connectivity index (χ0) is 20.0. The number of para-hydroxylation sites is 1. The maximum Gasteiger partial charge on any atom is 0.289 e. The SMILES string of the molecule is CC1Cc2ccccc2N1C(=O)c1nc(C(=O)N2CCCCC2)n2c1CCCC2. The summed E-state index contributed by atoms with van der Waals surface area (Å²) in [5, 5.41) is 0. The molecule has 152 valence electrons. The number of likely N-dealkylation sites (tertiary alicyclic amines) is 1. The Kier molecular flexibility index (Phi) is 4.64. The van der Waals surface area contributed by atoms with Gasteiger partial charge in [-0.2, -0.15) is 0 Å². The van der Waals surface area contributed by atoms with Crippen LogP contribution in [0.4, 0.5) is 5.69 Å². The lowest BCUT2D eigenvalue weighted by Gasteiger charge is -2.27. The molecule has 3 aliphatic rings. The van der Waals surface area contributed by atoms with E-state index in [9.17, 15) is 9.59 Å². The third-order valence-corrected chi connectivity index (χ3v) is 6.58. The van der Waals surface area contributed by atoms with Crippen molar-refractivity contribution in [3.05, 3.63) is 47.0 Å². The number of hydrogen-bond acceptors (Lipinski definition) is 3. The van der Waals surface area contributed by atoms with E-state index in [2.05, 4.69) is 13.0 Å². The van der Waals surface area contributed by atoms with Crippen molar-refractivity contribution in [3.8, 4) is 0 Å². The van der Waals surface area contributed by atoms with Gasteiger partial charge >= 0.3 is 0 Å². The minimum absolute atomic E-state index is 0.0122. The Morgan fingerprint density at radius 1 is 0.966 bits per heavy atom. The summed E-state index contributed by atoms with van der Waals surface area (Å²) in [6.45, 7) is 4.44. The molecule has 5 rings (SSSR count). The normalized spacial score (nSPS) is 21.1. The smallest absolute Gasteiger partial charge is 0.289 e. The fourth-order valence-corrected chi connectivity index (χ4v) is 5.11. The maximum atomic E-state index is 13.6. The Bertz CT molecular complexity index is 958. The molecule has 2 aromatic rings. The molecule has 0 radical (unpaired) electrons. The molecule has 0 saturated carbocycles. The van der Waals surface area contributed by atoms with Crippen LogP contribution in [0.3, 0.4) is 0 Å². The quantitative estimate of drug-likeness (QED) is 0.787. The predicted octanol–water partition coefficient (Wildman–Crippen LogP) is 3.44. The van der Waals surface area contributed by atoms with E-state index in [1.165, 1.54) is 12.0 Å². The number of carbonyl (C=O) groups is 2. The highest BCUT2D eigenvalue weighted by atomic mass is 16.2. The van der Waals surface area contributed by atoms with Gasteiger partial charge in [-0.05, 0) is 63.5 Å². The lowest BCUT2D eigenvalue weighted by Crippen LogP contribution is -2.37. The van der Waals surface area contributed by atoms with Crippen LogP contribution in [0.5, 0.6) is 0 Å². The van der Waals surface area contributed by atoms with E-state index >= 15 is 0 Å². The van der Waals surface area contributed by atoms with E-state index in [1.807, 2.05) is 32.6 Å². The van der Waals surface area contributed by atoms with Gasteiger partial charge < -0.3 is 14.4 Å². The Morgan fingerprint density at radius 3 is 2.55 bits per heavy atom. The highest BCUT2D eigenvalue weighted by molar-refractivity contribution is 6.08. The second-order valence-electron chi connectivity index (χ2n) is 8.55. The van der Waals surface area contributed by atoms with Gasteiger partial charge in [0.1, 0.15) is 0 Å². The zero-order valence-electron chi connectivity index (χ0n) is 17.1. The van der Waals surface area contributed by atoms with Gasteiger partial charge in [-0.25, -0.2) is 4.98 Å².